The molecule has 7 nitrogen and oxygen atoms in total. The molecule has 2 amide bonds. The zero-order chi connectivity index (χ0) is 27.8. The van der Waals surface area contributed by atoms with Gasteiger partial charge in [0.1, 0.15) is 23.0 Å². The van der Waals surface area contributed by atoms with Crippen LogP contribution < -0.4 is 24.8 Å². The molecule has 0 aromatic heterocycles. The number of ether oxygens (including phenoxy) is 3. The van der Waals surface area contributed by atoms with Crippen molar-refractivity contribution in [1.82, 2.24) is 0 Å². The van der Waals surface area contributed by atoms with E-state index in [0.717, 1.165) is 8.95 Å². The molecule has 0 atom stereocenters. The van der Waals surface area contributed by atoms with E-state index in [4.69, 9.17) is 14.2 Å². The lowest BCUT2D eigenvalue weighted by Crippen LogP contribution is -2.13. The van der Waals surface area contributed by atoms with Crippen LogP contribution in [-0.4, -0.2) is 25.0 Å². The van der Waals surface area contributed by atoms with E-state index in [-0.39, 0.29) is 11.8 Å². The molecule has 0 aliphatic carbocycles. The first kappa shape index (κ1) is 28.2. The zero-order valence-electron chi connectivity index (χ0n) is 21.3. The Balaban J connectivity index is 1.37. The number of hydrogen-bond donors (Lipinski definition) is 2. The van der Waals surface area contributed by atoms with Crippen LogP contribution in [0.1, 0.15) is 34.6 Å². The number of benzene rings is 4. The van der Waals surface area contributed by atoms with Gasteiger partial charge in [0.15, 0.2) is 0 Å². The Bertz CT molecular complexity index is 1350. The normalized spacial score (nSPS) is 10.5. The van der Waals surface area contributed by atoms with E-state index in [1.165, 1.54) is 0 Å². The van der Waals surface area contributed by atoms with Crippen LogP contribution in [-0.2, 0) is 0 Å². The molecule has 39 heavy (non-hydrogen) atoms. The summed E-state index contributed by atoms with van der Waals surface area (Å²) in [6.45, 7) is 4.66. The molecule has 4 aromatic carbocycles. The number of carbonyl (C=O) groups excluding carboxylic acids is 2. The lowest BCUT2D eigenvalue weighted by Gasteiger charge is -2.12. The van der Waals surface area contributed by atoms with Crippen LogP contribution in [0.25, 0.3) is 0 Å². The minimum absolute atomic E-state index is 0.276. The van der Waals surface area contributed by atoms with E-state index < -0.39 is 0 Å². The summed E-state index contributed by atoms with van der Waals surface area (Å²) in [6.07, 6.45) is 0. The molecular weight excluding hydrogens is 628 g/mol. The molecule has 9 heteroatoms. The fourth-order valence-corrected chi connectivity index (χ4v) is 4.39. The Morgan fingerprint density at radius 2 is 1.00 bits per heavy atom. The Labute approximate surface area is 243 Å². The summed E-state index contributed by atoms with van der Waals surface area (Å²) >= 11 is 6.80. The number of rotatable bonds is 10. The highest BCUT2D eigenvalue weighted by molar-refractivity contribution is 9.10. The van der Waals surface area contributed by atoms with Crippen LogP contribution in [0.2, 0.25) is 0 Å². The van der Waals surface area contributed by atoms with Crippen LogP contribution in [0.3, 0.4) is 0 Å². The molecule has 0 unspecified atom stereocenters. The van der Waals surface area contributed by atoms with Gasteiger partial charge in [-0.1, -0.05) is 31.9 Å². The van der Waals surface area contributed by atoms with E-state index >= 15 is 0 Å². The first-order chi connectivity index (χ1) is 18.9. The van der Waals surface area contributed by atoms with Gasteiger partial charge < -0.3 is 24.8 Å². The van der Waals surface area contributed by atoms with Gasteiger partial charge in [0, 0.05) is 20.3 Å². The van der Waals surface area contributed by atoms with Gasteiger partial charge >= 0.3 is 0 Å². The highest BCUT2D eigenvalue weighted by Crippen LogP contribution is 2.28. The molecule has 2 N–H and O–H groups in total. The lowest BCUT2D eigenvalue weighted by molar-refractivity contribution is 0.101. The third-order valence-electron chi connectivity index (χ3n) is 5.43. The summed E-state index contributed by atoms with van der Waals surface area (Å²) in [7, 11) is 0. The average Bonchev–Trinajstić information content (AvgIpc) is 2.93. The molecule has 0 aliphatic rings. The van der Waals surface area contributed by atoms with Gasteiger partial charge in [-0.25, -0.2) is 0 Å². The van der Waals surface area contributed by atoms with E-state index in [1.54, 1.807) is 72.8 Å². The average molecular weight is 654 g/mol. The van der Waals surface area contributed by atoms with Crippen molar-refractivity contribution in [3.8, 4) is 23.0 Å². The van der Waals surface area contributed by atoms with Gasteiger partial charge in [-0.15, -0.1) is 0 Å². The van der Waals surface area contributed by atoms with Crippen molar-refractivity contribution >= 4 is 55.0 Å². The summed E-state index contributed by atoms with van der Waals surface area (Å²) in [5.41, 5.74) is 2.11. The van der Waals surface area contributed by atoms with E-state index in [0.29, 0.717) is 58.7 Å². The minimum atomic E-state index is -0.276. The zero-order valence-corrected chi connectivity index (χ0v) is 24.5. The Morgan fingerprint density at radius 1 is 0.615 bits per heavy atom. The maximum Gasteiger partial charge on any atom is 0.259 e. The lowest BCUT2D eigenvalue weighted by atomic mass is 10.1. The standard InChI is InChI=1S/C30H26Br2N2O5/c1-3-37-27-15-5-19(31)17-25(27)29(35)33-21-7-11-23(12-8-21)39-24-13-9-22(10-14-24)34-30(36)26-18-20(32)6-16-28(26)38-4-2/h5-18H,3-4H2,1-2H3,(H,33,35)(H,34,36). The first-order valence-corrected chi connectivity index (χ1v) is 13.8. The van der Waals surface area contributed by atoms with Crippen molar-refractivity contribution in [2.75, 3.05) is 23.8 Å². The molecule has 200 valence electrons. The Kier molecular flexibility index (Phi) is 9.62. The Hall–Kier alpha value is -3.82. The van der Waals surface area contributed by atoms with Crippen molar-refractivity contribution in [1.29, 1.82) is 0 Å². The van der Waals surface area contributed by atoms with Crippen LogP contribution in [0, 0.1) is 0 Å². The summed E-state index contributed by atoms with van der Waals surface area (Å²) in [5, 5.41) is 5.76. The number of carbonyl (C=O) groups is 2. The third-order valence-corrected chi connectivity index (χ3v) is 6.42. The highest BCUT2D eigenvalue weighted by Gasteiger charge is 2.15. The molecule has 0 fully saturated rings. The van der Waals surface area contributed by atoms with Crippen LogP contribution in [0.4, 0.5) is 11.4 Å². The number of halogens is 2. The maximum atomic E-state index is 12.8. The number of hydrogen-bond acceptors (Lipinski definition) is 5. The molecule has 0 saturated heterocycles. The van der Waals surface area contributed by atoms with E-state index in [1.807, 2.05) is 26.0 Å². The van der Waals surface area contributed by atoms with Gasteiger partial charge in [0.2, 0.25) is 0 Å². The van der Waals surface area contributed by atoms with Gasteiger partial charge in [-0.3, -0.25) is 9.59 Å². The van der Waals surface area contributed by atoms with Gasteiger partial charge in [0.25, 0.3) is 11.8 Å². The Morgan fingerprint density at radius 3 is 1.36 bits per heavy atom. The molecule has 4 aromatic rings. The second-order valence-electron chi connectivity index (χ2n) is 8.21. The topological polar surface area (TPSA) is 85.9 Å². The van der Waals surface area contributed by atoms with Gasteiger partial charge in [0.05, 0.1) is 24.3 Å². The van der Waals surface area contributed by atoms with Crippen LogP contribution in [0.15, 0.2) is 93.9 Å². The second-order valence-corrected chi connectivity index (χ2v) is 10.0. The van der Waals surface area contributed by atoms with Crippen molar-refractivity contribution < 1.29 is 23.8 Å². The molecule has 0 radical (unpaired) electrons. The molecule has 4 rings (SSSR count). The minimum Gasteiger partial charge on any atom is -0.493 e. The molecule has 0 saturated carbocycles. The van der Waals surface area contributed by atoms with Gasteiger partial charge in [-0.05, 0) is 98.8 Å². The quantitative estimate of drug-likeness (QED) is 0.180. The van der Waals surface area contributed by atoms with Crippen LogP contribution in [0.5, 0.6) is 23.0 Å². The molecule has 0 spiro atoms. The number of anilines is 2. The number of amides is 2. The monoisotopic (exact) mass is 652 g/mol. The second kappa shape index (κ2) is 13.3. The molecule has 0 heterocycles. The number of nitrogens with one attached hydrogen (secondary N) is 2. The maximum absolute atomic E-state index is 12.8. The fourth-order valence-electron chi connectivity index (χ4n) is 3.67. The third kappa shape index (κ3) is 7.61. The van der Waals surface area contributed by atoms with Crippen LogP contribution >= 0.6 is 31.9 Å². The summed E-state index contributed by atoms with van der Waals surface area (Å²) in [6, 6.07) is 24.7. The molecular formula is C30H26Br2N2O5. The predicted molar refractivity (Wildman–Crippen MR) is 159 cm³/mol. The fraction of sp³-hybridized carbons (Fsp3) is 0.133. The van der Waals surface area contributed by atoms with Crippen molar-refractivity contribution in [2.45, 2.75) is 13.8 Å². The molecule has 0 bridgehead atoms. The largest absolute Gasteiger partial charge is 0.493 e. The first-order valence-electron chi connectivity index (χ1n) is 12.2. The van der Waals surface area contributed by atoms with E-state index in [9.17, 15) is 9.59 Å². The van der Waals surface area contributed by atoms with Gasteiger partial charge in [-0.2, -0.15) is 0 Å². The van der Waals surface area contributed by atoms with Crippen molar-refractivity contribution in [2.24, 2.45) is 0 Å². The molecule has 0 aliphatic heterocycles. The van der Waals surface area contributed by atoms with Crippen molar-refractivity contribution in [3.63, 3.8) is 0 Å². The SMILES string of the molecule is CCOc1ccc(Br)cc1C(=O)Nc1ccc(Oc2ccc(NC(=O)c3cc(Br)ccc3OCC)cc2)cc1. The predicted octanol–water partition coefficient (Wildman–Crippen LogP) is 8.31. The van der Waals surface area contributed by atoms with E-state index in [2.05, 4.69) is 42.5 Å². The summed E-state index contributed by atoms with van der Waals surface area (Å²) in [4.78, 5) is 25.6. The smallest absolute Gasteiger partial charge is 0.259 e. The highest BCUT2D eigenvalue weighted by atomic mass is 79.9. The summed E-state index contributed by atoms with van der Waals surface area (Å²) in [5.74, 6) is 1.67. The van der Waals surface area contributed by atoms with Crippen molar-refractivity contribution in [3.05, 3.63) is 105 Å². The summed E-state index contributed by atoms with van der Waals surface area (Å²) < 4.78 is 18.6.